The molecule has 25 heavy (non-hydrogen) atoms. The minimum atomic E-state index is -0.154. The van der Waals surface area contributed by atoms with Crippen molar-refractivity contribution < 1.29 is 4.79 Å². The first kappa shape index (κ1) is 16.4. The van der Waals surface area contributed by atoms with Gasteiger partial charge in [0.15, 0.2) is 0 Å². The van der Waals surface area contributed by atoms with Crippen LogP contribution in [0.5, 0.6) is 0 Å². The van der Waals surface area contributed by atoms with E-state index in [-0.39, 0.29) is 12.1 Å². The first-order valence-corrected chi connectivity index (χ1v) is 9.41. The van der Waals surface area contributed by atoms with Crippen molar-refractivity contribution in [3.05, 3.63) is 24.4 Å². The van der Waals surface area contributed by atoms with Crippen molar-refractivity contribution in [3.8, 4) is 0 Å². The van der Waals surface area contributed by atoms with Crippen molar-refractivity contribution in [2.45, 2.75) is 45.2 Å². The van der Waals surface area contributed by atoms with Crippen LogP contribution in [0.4, 0.5) is 10.5 Å². The molecule has 1 unspecified atom stereocenters. The summed E-state index contributed by atoms with van der Waals surface area (Å²) in [6, 6.07) is 6.56. The summed E-state index contributed by atoms with van der Waals surface area (Å²) >= 11 is 0. The second-order valence-corrected chi connectivity index (χ2v) is 7.48. The largest absolute Gasteiger partial charge is 0.335 e. The molecule has 4 heterocycles. The average molecular weight is 341 g/mol. The Morgan fingerprint density at radius 2 is 2.16 bits per heavy atom. The summed E-state index contributed by atoms with van der Waals surface area (Å²) in [7, 11) is 0. The summed E-state index contributed by atoms with van der Waals surface area (Å²) in [5.74, 6) is 0.743. The normalized spacial score (nSPS) is 26.6. The number of hydrogen-bond acceptors (Lipinski definition) is 3. The topological polar surface area (TPSA) is 62.2 Å². The van der Waals surface area contributed by atoms with Crippen molar-refractivity contribution in [1.82, 2.24) is 20.0 Å². The van der Waals surface area contributed by atoms with E-state index in [4.69, 9.17) is 0 Å². The van der Waals surface area contributed by atoms with Gasteiger partial charge >= 0.3 is 6.03 Å². The molecule has 2 N–H and O–H groups in total. The number of benzene rings is 1. The predicted octanol–water partition coefficient (Wildman–Crippen LogP) is 3.22. The second-order valence-electron chi connectivity index (χ2n) is 7.48. The number of piperidine rings is 3. The van der Waals surface area contributed by atoms with Crippen molar-refractivity contribution in [2.24, 2.45) is 5.92 Å². The molecule has 5 rings (SSSR count). The highest BCUT2D eigenvalue weighted by Crippen LogP contribution is 2.37. The highest BCUT2D eigenvalue weighted by molar-refractivity contribution is 5.92. The van der Waals surface area contributed by atoms with Gasteiger partial charge in [-0.05, 0) is 63.4 Å². The maximum atomic E-state index is 12.0. The van der Waals surface area contributed by atoms with E-state index in [1.165, 1.54) is 25.9 Å². The average Bonchev–Trinajstić information content (AvgIpc) is 3.05. The van der Waals surface area contributed by atoms with Crippen LogP contribution in [-0.4, -0.2) is 46.4 Å². The van der Waals surface area contributed by atoms with Crippen LogP contribution in [0.15, 0.2) is 24.4 Å². The van der Waals surface area contributed by atoms with E-state index in [2.05, 4.69) is 38.3 Å². The minimum absolute atomic E-state index is 0.154. The number of fused-ring (bicyclic) bond motifs is 4. The van der Waals surface area contributed by atoms with Crippen LogP contribution in [0.2, 0.25) is 0 Å². The van der Waals surface area contributed by atoms with Gasteiger partial charge in [-0.2, -0.15) is 5.10 Å². The SMILES string of the molecule is CCC(C)NC(=O)Nc1ccc2c(cnn2[C@H]2CN3CCC2CC3)c1. The third-order valence-electron chi connectivity index (χ3n) is 5.78. The Morgan fingerprint density at radius 3 is 2.84 bits per heavy atom. The summed E-state index contributed by atoms with van der Waals surface area (Å²) in [4.78, 5) is 14.6. The van der Waals surface area contributed by atoms with E-state index in [0.29, 0.717) is 6.04 Å². The lowest BCUT2D eigenvalue weighted by Gasteiger charge is -2.44. The number of urea groups is 1. The zero-order chi connectivity index (χ0) is 17.4. The molecule has 3 aliphatic heterocycles. The van der Waals surface area contributed by atoms with E-state index in [0.717, 1.165) is 35.5 Å². The molecule has 6 heteroatoms. The minimum Gasteiger partial charge on any atom is -0.335 e. The van der Waals surface area contributed by atoms with Crippen LogP contribution in [0.25, 0.3) is 10.9 Å². The fourth-order valence-corrected chi connectivity index (χ4v) is 4.10. The van der Waals surface area contributed by atoms with E-state index in [1.807, 2.05) is 25.3 Å². The maximum absolute atomic E-state index is 12.0. The third kappa shape index (κ3) is 3.23. The number of nitrogens with one attached hydrogen (secondary N) is 2. The number of hydrogen-bond donors (Lipinski definition) is 2. The van der Waals surface area contributed by atoms with Crippen molar-refractivity contribution >= 4 is 22.6 Å². The molecule has 3 saturated heterocycles. The van der Waals surface area contributed by atoms with Crippen molar-refractivity contribution in [1.29, 1.82) is 0 Å². The standard InChI is InChI=1S/C19H27N5O/c1-3-13(2)21-19(25)22-16-4-5-17-15(10-16)11-20-24(17)18-12-23-8-6-14(18)7-9-23/h4-5,10-11,13-14,18H,3,6-9,12H2,1-2H3,(H2,21,22,25)/t13?,18-/m0/s1. The monoisotopic (exact) mass is 341 g/mol. The first-order valence-electron chi connectivity index (χ1n) is 9.41. The number of carbonyl (C=O) groups is 1. The summed E-state index contributed by atoms with van der Waals surface area (Å²) < 4.78 is 2.20. The van der Waals surface area contributed by atoms with E-state index in [1.54, 1.807) is 0 Å². The molecular formula is C19H27N5O. The molecule has 6 nitrogen and oxygen atoms in total. The second kappa shape index (κ2) is 6.67. The number of amides is 2. The number of carbonyl (C=O) groups excluding carboxylic acids is 1. The van der Waals surface area contributed by atoms with Crippen LogP contribution in [0, 0.1) is 5.92 Å². The zero-order valence-corrected chi connectivity index (χ0v) is 15.0. The van der Waals surface area contributed by atoms with Gasteiger partial charge < -0.3 is 15.5 Å². The molecule has 0 saturated carbocycles. The fraction of sp³-hybridized carbons (Fsp3) is 0.579. The Balaban J connectivity index is 1.52. The maximum Gasteiger partial charge on any atom is 0.319 e. The number of nitrogens with zero attached hydrogens (tertiary/aromatic N) is 3. The molecule has 1 aromatic heterocycles. The van der Waals surface area contributed by atoms with Crippen LogP contribution in [0.3, 0.4) is 0 Å². The van der Waals surface area contributed by atoms with Crippen molar-refractivity contribution in [3.63, 3.8) is 0 Å². The van der Waals surface area contributed by atoms with Crippen molar-refractivity contribution in [2.75, 3.05) is 25.0 Å². The number of aromatic nitrogens is 2. The van der Waals surface area contributed by atoms with Crippen LogP contribution < -0.4 is 10.6 Å². The Labute approximate surface area is 148 Å². The van der Waals surface area contributed by atoms with Gasteiger partial charge in [0.25, 0.3) is 0 Å². The van der Waals surface area contributed by atoms with Gasteiger partial charge in [-0.25, -0.2) is 4.79 Å². The molecule has 0 aliphatic carbocycles. The lowest BCUT2D eigenvalue weighted by molar-refractivity contribution is 0.0534. The Bertz CT molecular complexity index is 762. The third-order valence-corrected chi connectivity index (χ3v) is 5.78. The Morgan fingerprint density at radius 1 is 1.36 bits per heavy atom. The van der Waals surface area contributed by atoms with Gasteiger partial charge in [-0.3, -0.25) is 4.68 Å². The molecule has 134 valence electrons. The summed E-state index contributed by atoms with van der Waals surface area (Å²) in [6.07, 6.45) is 5.40. The van der Waals surface area contributed by atoms with E-state index >= 15 is 0 Å². The molecule has 0 radical (unpaired) electrons. The van der Waals surface area contributed by atoms with Gasteiger partial charge in [-0.15, -0.1) is 0 Å². The van der Waals surface area contributed by atoms with Gasteiger partial charge in [-0.1, -0.05) is 6.92 Å². The Hall–Kier alpha value is -2.08. The molecule has 2 amide bonds. The summed E-state index contributed by atoms with van der Waals surface area (Å²) in [5, 5.41) is 11.6. The molecular weight excluding hydrogens is 314 g/mol. The van der Waals surface area contributed by atoms with Crippen LogP contribution in [-0.2, 0) is 0 Å². The molecule has 3 fully saturated rings. The Kier molecular flexibility index (Phi) is 4.37. The molecule has 2 bridgehead atoms. The lowest BCUT2D eigenvalue weighted by Crippen LogP contribution is -2.48. The summed E-state index contributed by atoms with van der Waals surface area (Å²) in [5.41, 5.74) is 1.97. The van der Waals surface area contributed by atoms with Gasteiger partial charge in [0, 0.05) is 23.7 Å². The molecule has 3 aliphatic rings. The highest BCUT2D eigenvalue weighted by Gasteiger charge is 2.36. The quantitative estimate of drug-likeness (QED) is 0.897. The smallest absolute Gasteiger partial charge is 0.319 e. The fourth-order valence-electron chi connectivity index (χ4n) is 4.10. The van der Waals surface area contributed by atoms with Crippen LogP contribution in [0.1, 0.15) is 39.2 Å². The summed E-state index contributed by atoms with van der Waals surface area (Å²) in [6.45, 7) is 7.64. The predicted molar refractivity (Wildman–Crippen MR) is 99.8 cm³/mol. The van der Waals surface area contributed by atoms with Crippen LogP contribution >= 0.6 is 0 Å². The van der Waals surface area contributed by atoms with E-state index in [9.17, 15) is 4.79 Å². The van der Waals surface area contributed by atoms with Gasteiger partial charge in [0.05, 0.1) is 17.8 Å². The number of rotatable bonds is 4. The zero-order valence-electron chi connectivity index (χ0n) is 15.0. The molecule has 2 atom stereocenters. The number of anilines is 1. The molecule has 0 spiro atoms. The lowest BCUT2D eigenvalue weighted by atomic mass is 9.84. The van der Waals surface area contributed by atoms with E-state index < -0.39 is 0 Å². The van der Waals surface area contributed by atoms with Gasteiger partial charge in [0.1, 0.15) is 0 Å². The first-order chi connectivity index (χ1) is 12.1. The van der Waals surface area contributed by atoms with Gasteiger partial charge in [0.2, 0.25) is 0 Å². The molecule has 2 aromatic rings. The molecule has 1 aromatic carbocycles. The highest BCUT2D eigenvalue weighted by atomic mass is 16.2.